The largest absolute Gasteiger partial charge is 0.444 e. The average molecular weight is 342 g/mol. The van der Waals surface area contributed by atoms with Gasteiger partial charge in [0.05, 0.1) is 0 Å². The fraction of sp³-hybridized carbons (Fsp3) is 0.562. The Kier molecular flexibility index (Phi) is 7.45. The summed E-state index contributed by atoms with van der Waals surface area (Å²) in [5.41, 5.74) is 5.89. The number of carbonyl (C=O) groups excluding carboxylic acids is 2. The van der Waals surface area contributed by atoms with Crippen molar-refractivity contribution in [1.82, 2.24) is 9.88 Å². The predicted molar refractivity (Wildman–Crippen MR) is 89.7 cm³/mol. The summed E-state index contributed by atoms with van der Waals surface area (Å²) >= 11 is 5.45. The normalized spacial score (nSPS) is 15.4. The molecule has 2 rings (SSSR count). The molecule has 0 bridgehead atoms. The van der Waals surface area contributed by atoms with Crippen LogP contribution in [-0.4, -0.2) is 47.0 Å². The van der Waals surface area contributed by atoms with Crippen molar-refractivity contribution in [1.29, 1.82) is 0 Å². The third kappa shape index (κ3) is 7.95. The minimum absolute atomic E-state index is 0.218. The highest BCUT2D eigenvalue weighted by atomic mass is 35.5. The number of rotatable bonds is 1. The van der Waals surface area contributed by atoms with Gasteiger partial charge < -0.3 is 15.4 Å². The molecule has 7 heteroatoms. The first-order valence-electron chi connectivity index (χ1n) is 7.51. The molecule has 128 valence electrons. The van der Waals surface area contributed by atoms with Gasteiger partial charge in [-0.05, 0) is 45.7 Å². The molecule has 0 aliphatic carbocycles. The topological polar surface area (TPSA) is 85.5 Å². The van der Waals surface area contributed by atoms with Crippen LogP contribution in [0.3, 0.4) is 0 Å². The second kappa shape index (κ2) is 8.84. The molecule has 1 fully saturated rings. The monoisotopic (exact) mass is 341 g/mol. The summed E-state index contributed by atoms with van der Waals surface area (Å²) in [5, 5.41) is 0.347. The van der Waals surface area contributed by atoms with Crippen LogP contribution in [0.5, 0.6) is 0 Å². The molecule has 1 aliphatic heterocycles. The van der Waals surface area contributed by atoms with Gasteiger partial charge in [0.25, 0.3) is 0 Å². The number of likely N-dealkylation sites (tertiary alicyclic amines) is 1. The van der Waals surface area contributed by atoms with E-state index in [0.29, 0.717) is 10.7 Å². The molecular formula is C16H24ClN3O3. The van der Waals surface area contributed by atoms with Crippen molar-refractivity contribution in [2.75, 3.05) is 13.1 Å². The summed E-state index contributed by atoms with van der Waals surface area (Å²) in [5.74, 6) is 0. The Morgan fingerprint density at radius 2 is 2.04 bits per heavy atom. The lowest BCUT2D eigenvalue weighted by molar-refractivity contribution is 0.0207. The van der Waals surface area contributed by atoms with E-state index < -0.39 is 5.60 Å². The van der Waals surface area contributed by atoms with E-state index in [2.05, 4.69) is 4.98 Å². The zero-order chi connectivity index (χ0) is 17.5. The first kappa shape index (κ1) is 19.4. The predicted octanol–water partition coefficient (Wildman–Crippen LogP) is 2.89. The second-order valence-corrected chi connectivity index (χ2v) is 6.72. The first-order chi connectivity index (χ1) is 10.7. The molecule has 0 spiro atoms. The van der Waals surface area contributed by atoms with Crippen LogP contribution in [0.2, 0.25) is 5.15 Å². The lowest BCUT2D eigenvalue weighted by Crippen LogP contribution is -2.44. The van der Waals surface area contributed by atoms with Gasteiger partial charge in [-0.25, -0.2) is 9.78 Å². The van der Waals surface area contributed by atoms with Crippen LogP contribution in [0.15, 0.2) is 18.3 Å². The van der Waals surface area contributed by atoms with Gasteiger partial charge in [0, 0.05) is 30.9 Å². The summed E-state index contributed by atoms with van der Waals surface area (Å²) in [6.45, 7) is 7.06. The Hall–Kier alpha value is -1.66. The molecule has 0 radical (unpaired) electrons. The Bertz CT molecular complexity index is 524. The number of amides is 1. The minimum atomic E-state index is -0.406. The van der Waals surface area contributed by atoms with E-state index in [0.717, 1.165) is 32.2 Å². The van der Waals surface area contributed by atoms with Gasteiger partial charge in [-0.15, -0.1) is 0 Å². The van der Waals surface area contributed by atoms with E-state index in [-0.39, 0.29) is 12.1 Å². The van der Waals surface area contributed by atoms with Crippen LogP contribution in [0.1, 0.15) is 44.0 Å². The number of hydrogen-bond acceptors (Lipinski definition) is 5. The Balaban J connectivity index is 0.000000253. The standard InChI is InChI=1S/C10H20N2O2.C6H4ClNO/c1-10(2,3)14-9(13)12-6-4-8(11)5-7-12;7-6-3-5(4-9)1-2-8-6/h8H,4-7,11H2,1-3H3;1-4H. The smallest absolute Gasteiger partial charge is 0.410 e. The van der Waals surface area contributed by atoms with Crippen molar-refractivity contribution in [2.24, 2.45) is 5.73 Å². The first-order valence-corrected chi connectivity index (χ1v) is 7.89. The van der Waals surface area contributed by atoms with Crippen molar-refractivity contribution in [3.05, 3.63) is 29.0 Å². The molecule has 1 aliphatic rings. The van der Waals surface area contributed by atoms with Gasteiger partial charge in [0.15, 0.2) is 0 Å². The lowest BCUT2D eigenvalue weighted by Gasteiger charge is -2.32. The number of hydrogen-bond donors (Lipinski definition) is 1. The van der Waals surface area contributed by atoms with Crippen LogP contribution in [-0.2, 0) is 4.74 Å². The second-order valence-electron chi connectivity index (χ2n) is 6.33. The van der Waals surface area contributed by atoms with Crippen molar-refractivity contribution in [2.45, 2.75) is 45.3 Å². The van der Waals surface area contributed by atoms with Crippen molar-refractivity contribution in [3.8, 4) is 0 Å². The third-order valence-corrected chi connectivity index (χ3v) is 3.28. The highest BCUT2D eigenvalue weighted by Gasteiger charge is 2.25. The molecule has 1 aromatic rings. The molecule has 0 saturated carbocycles. The molecule has 23 heavy (non-hydrogen) atoms. The molecule has 1 saturated heterocycles. The van der Waals surface area contributed by atoms with Gasteiger partial charge >= 0.3 is 6.09 Å². The minimum Gasteiger partial charge on any atom is -0.444 e. The number of nitrogens with two attached hydrogens (primary N) is 1. The number of piperidine rings is 1. The van der Waals surface area contributed by atoms with Gasteiger partial charge in [-0.1, -0.05) is 11.6 Å². The van der Waals surface area contributed by atoms with Gasteiger partial charge in [0.2, 0.25) is 0 Å². The van der Waals surface area contributed by atoms with Crippen LogP contribution in [0.4, 0.5) is 4.79 Å². The van der Waals surface area contributed by atoms with E-state index in [1.807, 2.05) is 20.8 Å². The van der Waals surface area contributed by atoms with E-state index in [1.165, 1.54) is 12.3 Å². The number of halogens is 1. The molecule has 6 nitrogen and oxygen atoms in total. The Morgan fingerprint density at radius 1 is 1.43 bits per heavy atom. The molecule has 1 aromatic heterocycles. The molecule has 0 atom stereocenters. The molecule has 1 amide bonds. The van der Waals surface area contributed by atoms with Gasteiger partial charge in [0.1, 0.15) is 17.0 Å². The molecule has 2 N–H and O–H groups in total. The van der Waals surface area contributed by atoms with Crippen molar-refractivity contribution < 1.29 is 14.3 Å². The van der Waals surface area contributed by atoms with Crippen LogP contribution < -0.4 is 5.73 Å². The average Bonchev–Trinajstić information content (AvgIpc) is 2.46. The van der Waals surface area contributed by atoms with Crippen LogP contribution in [0.25, 0.3) is 0 Å². The number of aromatic nitrogens is 1. The molecule has 0 aromatic carbocycles. The number of ether oxygens (including phenoxy) is 1. The highest BCUT2D eigenvalue weighted by molar-refractivity contribution is 6.29. The molecule has 0 unspecified atom stereocenters. The maximum Gasteiger partial charge on any atom is 0.410 e. The summed E-state index contributed by atoms with van der Waals surface area (Å²) in [6, 6.07) is 3.35. The third-order valence-electron chi connectivity index (χ3n) is 3.08. The highest BCUT2D eigenvalue weighted by Crippen LogP contribution is 2.14. The van der Waals surface area contributed by atoms with Crippen molar-refractivity contribution in [3.63, 3.8) is 0 Å². The van der Waals surface area contributed by atoms with Crippen molar-refractivity contribution >= 4 is 24.0 Å². The van der Waals surface area contributed by atoms with Gasteiger partial charge in [-0.2, -0.15) is 0 Å². The fourth-order valence-corrected chi connectivity index (χ4v) is 2.08. The zero-order valence-electron chi connectivity index (χ0n) is 13.8. The Labute approximate surface area is 142 Å². The number of pyridine rings is 1. The molecular weight excluding hydrogens is 318 g/mol. The van der Waals surface area contributed by atoms with Crippen LogP contribution in [0, 0.1) is 0 Å². The SMILES string of the molecule is CC(C)(C)OC(=O)N1CCC(N)CC1.O=Cc1ccnc(Cl)c1. The summed E-state index contributed by atoms with van der Waals surface area (Å²) in [6.07, 6.45) is 3.75. The van der Waals surface area contributed by atoms with E-state index >= 15 is 0 Å². The van der Waals surface area contributed by atoms with Gasteiger partial charge in [-0.3, -0.25) is 4.79 Å². The number of nitrogens with zero attached hydrogens (tertiary/aromatic N) is 2. The Morgan fingerprint density at radius 3 is 2.48 bits per heavy atom. The van der Waals surface area contributed by atoms with E-state index in [4.69, 9.17) is 22.1 Å². The summed E-state index contributed by atoms with van der Waals surface area (Å²) in [7, 11) is 0. The number of carbonyl (C=O) groups is 2. The van der Waals surface area contributed by atoms with E-state index in [1.54, 1.807) is 11.0 Å². The maximum atomic E-state index is 11.6. The quantitative estimate of drug-likeness (QED) is 0.627. The van der Waals surface area contributed by atoms with Crippen LogP contribution >= 0.6 is 11.6 Å². The maximum absolute atomic E-state index is 11.6. The summed E-state index contributed by atoms with van der Waals surface area (Å²) in [4.78, 5) is 27.1. The zero-order valence-corrected chi connectivity index (χ0v) is 14.5. The number of aldehydes is 1. The lowest BCUT2D eigenvalue weighted by atomic mass is 10.1. The van der Waals surface area contributed by atoms with E-state index in [9.17, 15) is 9.59 Å². The molecule has 2 heterocycles. The fourth-order valence-electron chi connectivity index (χ4n) is 1.90. The summed E-state index contributed by atoms with van der Waals surface area (Å²) < 4.78 is 5.26.